The first-order valence-corrected chi connectivity index (χ1v) is 7.52. The van der Waals surface area contributed by atoms with E-state index in [1.807, 2.05) is 20.8 Å². The Kier molecular flexibility index (Phi) is 7.46. The summed E-state index contributed by atoms with van der Waals surface area (Å²) in [7, 11) is 0. The highest BCUT2D eigenvalue weighted by Gasteiger charge is 2.12. The van der Waals surface area contributed by atoms with E-state index in [1.165, 1.54) is 0 Å². The molecule has 2 N–H and O–H groups in total. The Balaban J connectivity index is 2.57. The molecule has 2 amide bonds. The molecule has 21 heavy (non-hydrogen) atoms. The number of amides is 2. The molecule has 0 aliphatic rings. The SMILES string of the molecule is CCNCCC(=O)Nc1ccc(C(=O)N(CC)CC)cc1. The Bertz CT molecular complexity index is 453. The number of hydrogen-bond acceptors (Lipinski definition) is 3. The number of benzene rings is 1. The molecule has 0 fully saturated rings. The largest absolute Gasteiger partial charge is 0.339 e. The highest BCUT2D eigenvalue weighted by atomic mass is 16.2. The molecule has 1 aromatic rings. The summed E-state index contributed by atoms with van der Waals surface area (Å²) in [5.74, 6) is -0.0104. The van der Waals surface area contributed by atoms with Crippen molar-refractivity contribution in [3.63, 3.8) is 0 Å². The van der Waals surface area contributed by atoms with E-state index < -0.39 is 0 Å². The van der Waals surface area contributed by atoms with Gasteiger partial charge in [0.25, 0.3) is 5.91 Å². The molecule has 0 unspecified atom stereocenters. The van der Waals surface area contributed by atoms with Gasteiger partial charge in [0.15, 0.2) is 0 Å². The molecular formula is C16H25N3O2. The highest BCUT2D eigenvalue weighted by Crippen LogP contribution is 2.12. The number of hydrogen-bond donors (Lipinski definition) is 2. The fourth-order valence-electron chi connectivity index (χ4n) is 1.99. The standard InChI is InChI=1S/C16H25N3O2/c1-4-17-12-11-15(20)18-14-9-7-13(8-10-14)16(21)19(5-2)6-3/h7-10,17H,4-6,11-12H2,1-3H3,(H,18,20). The van der Waals surface area contributed by atoms with Crippen LogP contribution in [0.4, 0.5) is 5.69 Å². The van der Waals surface area contributed by atoms with Crippen molar-refractivity contribution in [3.8, 4) is 0 Å². The zero-order valence-electron chi connectivity index (χ0n) is 13.1. The molecule has 0 aromatic heterocycles. The highest BCUT2D eigenvalue weighted by molar-refractivity contribution is 5.95. The summed E-state index contributed by atoms with van der Waals surface area (Å²) in [5.41, 5.74) is 1.36. The van der Waals surface area contributed by atoms with E-state index in [-0.39, 0.29) is 11.8 Å². The van der Waals surface area contributed by atoms with Gasteiger partial charge in [-0.2, -0.15) is 0 Å². The fraction of sp³-hybridized carbons (Fsp3) is 0.500. The first kappa shape index (κ1) is 17.2. The number of nitrogens with zero attached hydrogens (tertiary/aromatic N) is 1. The van der Waals surface area contributed by atoms with E-state index >= 15 is 0 Å². The average Bonchev–Trinajstić information content (AvgIpc) is 2.49. The number of rotatable bonds is 8. The van der Waals surface area contributed by atoms with Crippen molar-refractivity contribution in [1.82, 2.24) is 10.2 Å². The maximum Gasteiger partial charge on any atom is 0.253 e. The molecule has 5 nitrogen and oxygen atoms in total. The third-order valence-electron chi connectivity index (χ3n) is 3.25. The monoisotopic (exact) mass is 291 g/mol. The minimum Gasteiger partial charge on any atom is -0.339 e. The Morgan fingerprint density at radius 3 is 2.19 bits per heavy atom. The molecule has 0 saturated carbocycles. The second-order valence-electron chi connectivity index (χ2n) is 4.71. The molecule has 0 atom stereocenters. The number of carbonyl (C=O) groups excluding carboxylic acids is 2. The van der Waals surface area contributed by atoms with Crippen LogP contribution in [-0.2, 0) is 4.79 Å². The molecule has 1 aromatic carbocycles. The van der Waals surface area contributed by atoms with Crippen molar-refractivity contribution in [2.45, 2.75) is 27.2 Å². The topological polar surface area (TPSA) is 61.4 Å². The van der Waals surface area contributed by atoms with Gasteiger partial charge in [0, 0.05) is 37.3 Å². The number of nitrogens with one attached hydrogen (secondary N) is 2. The van der Waals surface area contributed by atoms with E-state index in [0.29, 0.717) is 37.3 Å². The van der Waals surface area contributed by atoms with Gasteiger partial charge in [0.1, 0.15) is 0 Å². The zero-order valence-corrected chi connectivity index (χ0v) is 13.1. The smallest absolute Gasteiger partial charge is 0.253 e. The lowest BCUT2D eigenvalue weighted by Crippen LogP contribution is -2.30. The van der Waals surface area contributed by atoms with Crippen LogP contribution in [0.3, 0.4) is 0 Å². The van der Waals surface area contributed by atoms with E-state index in [1.54, 1.807) is 29.2 Å². The van der Waals surface area contributed by atoms with Crippen molar-refractivity contribution in [2.24, 2.45) is 0 Å². The van der Waals surface area contributed by atoms with Crippen LogP contribution in [0.1, 0.15) is 37.6 Å². The number of carbonyl (C=O) groups is 2. The van der Waals surface area contributed by atoms with Gasteiger partial charge in [0.05, 0.1) is 0 Å². The minimum absolute atomic E-state index is 0.0185. The van der Waals surface area contributed by atoms with Gasteiger partial charge in [-0.3, -0.25) is 9.59 Å². The first-order chi connectivity index (χ1) is 10.1. The van der Waals surface area contributed by atoms with Crippen LogP contribution in [0.25, 0.3) is 0 Å². The van der Waals surface area contributed by atoms with Crippen LogP contribution in [0.5, 0.6) is 0 Å². The Morgan fingerprint density at radius 2 is 1.67 bits per heavy atom. The van der Waals surface area contributed by atoms with Gasteiger partial charge < -0.3 is 15.5 Å². The summed E-state index contributed by atoms with van der Waals surface area (Å²) in [6, 6.07) is 7.03. The van der Waals surface area contributed by atoms with Crippen LogP contribution in [0.2, 0.25) is 0 Å². The van der Waals surface area contributed by atoms with Gasteiger partial charge >= 0.3 is 0 Å². The molecule has 1 rings (SSSR count). The second kappa shape index (κ2) is 9.13. The summed E-state index contributed by atoms with van der Waals surface area (Å²) in [4.78, 5) is 25.6. The maximum absolute atomic E-state index is 12.1. The lowest BCUT2D eigenvalue weighted by molar-refractivity contribution is -0.116. The molecule has 0 spiro atoms. The van der Waals surface area contributed by atoms with Crippen LogP contribution >= 0.6 is 0 Å². The lowest BCUT2D eigenvalue weighted by Gasteiger charge is -2.18. The Morgan fingerprint density at radius 1 is 1.05 bits per heavy atom. The predicted octanol–water partition coefficient (Wildman–Crippen LogP) is 2.11. The summed E-state index contributed by atoms with van der Waals surface area (Å²) >= 11 is 0. The molecule has 116 valence electrons. The Hall–Kier alpha value is -1.88. The predicted molar refractivity (Wildman–Crippen MR) is 85.5 cm³/mol. The van der Waals surface area contributed by atoms with Crippen molar-refractivity contribution in [2.75, 3.05) is 31.5 Å². The van der Waals surface area contributed by atoms with Crippen LogP contribution in [0.15, 0.2) is 24.3 Å². The molecule has 0 radical (unpaired) electrons. The summed E-state index contributed by atoms with van der Waals surface area (Å²) in [5, 5.41) is 5.92. The van der Waals surface area contributed by atoms with Crippen LogP contribution < -0.4 is 10.6 Å². The zero-order chi connectivity index (χ0) is 15.7. The maximum atomic E-state index is 12.1. The molecule has 0 aliphatic carbocycles. The normalized spacial score (nSPS) is 10.2. The summed E-state index contributed by atoms with van der Waals surface area (Å²) in [6.07, 6.45) is 0.438. The van der Waals surface area contributed by atoms with Gasteiger partial charge in [0.2, 0.25) is 5.91 Å². The van der Waals surface area contributed by atoms with Gasteiger partial charge in [-0.1, -0.05) is 6.92 Å². The van der Waals surface area contributed by atoms with Crippen molar-refractivity contribution in [3.05, 3.63) is 29.8 Å². The van der Waals surface area contributed by atoms with Crippen LogP contribution in [0, 0.1) is 0 Å². The average molecular weight is 291 g/mol. The minimum atomic E-state index is -0.0289. The van der Waals surface area contributed by atoms with E-state index in [9.17, 15) is 9.59 Å². The van der Waals surface area contributed by atoms with E-state index in [2.05, 4.69) is 10.6 Å². The summed E-state index contributed by atoms with van der Waals surface area (Å²) in [6.45, 7) is 8.83. The number of anilines is 1. The van der Waals surface area contributed by atoms with Gasteiger partial charge in [-0.25, -0.2) is 0 Å². The van der Waals surface area contributed by atoms with Gasteiger partial charge in [-0.15, -0.1) is 0 Å². The fourth-order valence-corrected chi connectivity index (χ4v) is 1.99. The molecule has 0 bridgehead atoms. The lowest BCUT2D eigenvalue weighted by atomic mass is 10.1. The van der Waals surface area contributed by atoms with Crippen molar-refractivity contribution in [1.29, 1.82) is 0 Å². The van der Waals surface area contributed by atoms with Crippen LogP contribution in [-0.4, -0.2) is 42.9 Å². The van der Waals surface area contributed by atoms with E-state index in [4.69, 9.17) is 0 Å². The molecule has 0 aliphatic heterocycles. The molecule has 5 heteroatoms. The Labute approximate surface area is 126 Å². The third kappa shape index (κ3) is 5.55. The molecule has 0 heterocycles. The van der Waals surface area contributed by atoms with Crippen molar-refractivity contribution >= 4 is 17.5 Å². The third-order valence-corrected chi connectivity index (χ3v) is 3.25. The van der Waals surface area contributed by atoms with E-state index in [0.717, 1.165) is 6.54 Å². The second-order valence-corrected chi connectivity index (χ2v) is 4.71. The van der Waals surface area contributed by atoms with Gasteiger partial charge in [-0.05, 0) is 44.7 Å². The molecular weight excluding hydrogens is 266 g/mol. The quantitative estimate of drug-likeness (QED) is 0.721. The molecule has 0 saturated heterocycles. The van der Waals surface area contributed by atoms with Crippen molar-refractivity contribution < 1.29 is 9.59 Å². The summed E-state index contributed by atoms with van der Waals surface area (Å²) < 4.78 is 0. The first-order valence-electron chi connectivity index (χ1n) is 7.52.